The maximum Gasteiger partial charge on any atom is 0.586 e. The van der Waals surface area contributed by atoms with Crippen molar-refractivity contribution in [2.45, 2.75) is 152 Å². The molecule has 4 aromatic carbocycles. The van der Waals surface area contributed by atoms with Gasteiger partial charge in [-0.1, -0.05) is 78.3 Å². The Labute approximate surface area is 481 Å². The summed E-state index contributed by atoms with van der Waals surface area (Å²) < 4.78 is 162. The van der Waals surface area contributed by atoms with Crippen LogP contribution < -0.4 is 24.4 Å². The Bertz CT molecular complexity index is 3530. The Morgan fingerprint density at radius 2 is 0.976 bits per heavy atom. The molecule has 3 aliphatic heterocycles. The molecule has 2 aliphatic carbocycles. The minimum Gasteiger partial charge on any atom is -0.399 e. The fraction of sp³-hybridized carbons (Fsp3) is 0.400. The van der Waals surface area contributed by atoms with Crippen molar-refractivity contribution in [2.75, 3.05) is 0 Å². The molecule has 0 spiro atoms. The van der Waals surface area contributed by atoms with Gasteiger partial charge in [0.15, 0.2) is 34.2 Å². The third-order valence-corrected chi connectivity index (χ3v) is 16.6. The third kappa shape index (κ3) is 12.2. The molecule has 2 saturated carbocycles. The van der Waals surface area contributed by atoms with Crippen molar-refractivity contribution in [3.8, 4) is 34.3 Å². The van der Waals surface area contributed by atoms with E-state index >= 15 is 0 Å². The molecule has 84 heavy (non-hydrogen) atoms. The zero-order chi connectivity index (χ0) is 61.6. The second-order valence-electron chi connectivity index (χ2n) is 22.8. The summed E-state index contributed by atoms with van der Waals surface area (Å²) in [6.07, 6.45) is -14.6. The molecule has 5 heterocycles. The molecule has 3 fully saturated rings. The minimum absolute atomic E-state index is 0.00875. The van der Waals surface area contributed by atoms with Crippen molar-refractivity contribution in [1.82, 2.24) is 9.97 Å². The first kappa shape index (κ1) is 61.8. The van der Waals surface area contributed by atoms with E-state index in [0.717, 1.165) is 12.5 Å². The van der Waals surface area contributed by atoms with E-state index in [9.17, 15) is 63.7 Å². The second kappa shape index (κ2) is 21.3. The SMILES string of the molecule is CC1(C)OB(c2cccc(C(C)(O)C(F)(F)F)c2)OC1(C)C.Cc1ccc(CC(=O)C2(c3ccc4c(c3)OC(F)(F)O4)CC2)nc1-c1cccc(C(C)(O)C(F)(F)F)c1.Cc1ccc(CC(=O)C2(c3ccc4c(c3)OC(F)(F)O4)CC2)nc1Cl. The van der Waals surface area contributed by atoms with Gasteiger partial charge in [0.05, 0.1) is 27.7 Å². The molecule has 2 unspecified atom stereocenters. The van der Waals surface area contributed by atoms with Crippen molar-refractivity contribution < 1.29 is 92.0 Å². The number of benzene rings is 4. The first-order valence-corrected chi connectivity index (χ1v) is 26.8. The molecule has 5 aliphatic rings. The summed E-state index contributed by atoms with van der Waals surface area (Å²) in [4.78, 5) is 34.9. The normalized spacial score (nSPS) is 20.0. The minimum atomic E-state index is -4.87. The molecule has 2 N–H and O–H groups in total. The van der Waals surface area contributed by atoms with Crippen molar-refractivity contribution in [2.24, 2.45) is 0 Å². The number of carbonyl (C=O) groups excluding carboxylic acids is 2. The van der Waals surface area contributed by atoms with Gasteiger partial charge >= 0.3 is 32.1 Å². The lowest BCUT2D eigenvalue weighted by Crippen LogP contribution is -2.41. The van der Waals surface area contributed by atoms with Crippen LogP contribution in [-0.4, -0.2) is 75.0 Å². The Morgan fingerprint density at radius 1 is 0.560 bits per heavy atom. The number of alkyl halides is 10. The lowest BCUT2D eigenvalue weighted by atomic mass is 9.77. The van der Waals surface area contributed by atoms with Crippen LogP contribution in [0.25, 0.3) is 11.3 Å². The number of rotatable bonds is 12. The summed E-state index contributed by atoms with van der Waals surface area (Å²) in [6, 6.07) is 26.8. The monoisotopic (exact) mass is 1200 g/mol. The highest BCUT2D eigenvalue weighted by molar-refractivity contribution is 6.62. The highest BCUT2D eigenvalue weighted by atomic mass is 35.5. The van der Waals surface area contributed by atoms with E-state index in [2.05, 4.69) is 28.9 Å². The van der Waals surface area contributed by atoms with Crippen LogP contribution in [0.15, 0.2) is 109 Å². The molecule has 0 amide bonds. The van der Waals surface area contributed by atoms with Crippen LogP contribution in [0, 0.1) is 13.8 Å². The van der Waals surface area contributed by atoms with Gasteiger partial charge < -0.3 is 38.5 Å². The first-order valence-electron chi connectivity index (χ1n) is 26.4. The molecule has 2 atom stereocenters. The highest BCUT2D eigenvalue weighted by Gasteiger charge is 2.56. The number of hydrogen-bond donors (Lipinski definition) is 2. The van der Waals surface area contributed by atoms with Crippen molar-refractivity contribution in [3.05, 3.63) is 159 Å². The van der Waals surface area contributed by atoms with E-state index in [1.54, 1.807) is 49.4 Å². The van der Waals surface area contributed by atoms with Gasteiger partial charge in [0.2, 0.25) is 0 Å². The largest absolute Gasteiger partial charge is 0.586 e. The van der Waals surface area contributed by atoms with Crippen molar-refractivity contribution >= 4 is 35.7 Å². The molecule has 0 radical (unpaired) electrons. The number of halogens is 11. The fourth-order valence-corrected chi connectivity index (χ4v) is 9.90. The van der Waals surface area contributed by atoms with Crippen LogP contribution in [0.5, 0.6) is 23.0 Å². The third-order valence-electron chi connectivity index (χ3n) is 16.2. The highest BCUT2D eigenvalue weighted by Crippen LogP contribution is 2.54. The molecular weight excluding hydrogens is 1140 g/mol. The number of aliphatic hydroxyl groups is 2. The molecule has 11 rings (SSSR count). The van der Waals surface area contributed by atoms with Crippen LogP contribution in [0.3, 0.4) is 0 Å². The van der Waals surface area contributed by atoms with Crippen LogP contribution in [0.2, 0.25) is 5.15 Å². The Hall–Kier alpha value is -6.79. The van der Waals surface area contributed by atoms with Gasteiger partial charge in [0, 0.05) is 29.8 Å². The van der Waals surface area contributed by atoms with Crippen LogP contribution >= 0.6 is 11.6 Å². The zero-order valence-electron chi connectivity index (χ0n) is 46.4. The summed E-state index contributed by atoms with van der Waals surface area (Å²) in [5.41, 5.74) is -4.29. The average molecular weight is 1200 g/mol. The lowest BCUT2D eigenvalue weighted by Gasteiger charge is -2.32. The second-order valence-corrected chi connectivity index (χ2v) is 23.2. The Balaban J connectivity index is 0.000000158. The molecule has 12 nitrogen and oxygen atoms in total. The molecule has 0 bridgehead atoms. The van der Waals surface area contributed by atoms with Crippen LogP contribution in [0.1, 0.15) is 112 Å². The fourth-order valence-electron chi connectivity index (χ4n) is 9.73. The van der Waals surface area contributed by atoms with E-state index in [1.807, 2.05) is 40.7 Å². The van der Waals surface area contributed by atoms with Gasteiger partial charge in [0.25, 0.3) is 0 Å². The molecular formula is C60H56BClF10N2O10. The smallest absolute Gasteiger partial charge is 0.399 e. The summed E-state index contributed by atoms with van der Waals surface area (Å²) >= 11 is 6.01. The van der Waals surface area contributed by atoms with E-state index in [-0.39, 0.29) is 58.5 Å². The zero-order valence-corrected chi connectivity index (χ0v) is 47.2. The van der Waals surface area contributed by atoms with Gasteiger partial charge in [-0.15, -0.1) is 17.6 Å². The topological polar surface area (TPSA) is 156 Å². The van der Waals surface area contributed by atoms with Crippen molar-refractivity contribution in [3.63, 3.8) is 0 Å². The molecule has 6 aromatic rings. The van der Waals surface area contributed by atoms with Gasteiger partial charge in [-0.25, -0.2) is 4.98 Å². The standard InChI is InChI=1S/C27H22F5NO4.C18H14ClF2NO3.C15H20BF3O3/c1-15-6-8-19(33-23(15)16-4-3-5-17(12-16)24(2,35)26(28,29)30)14-22(34)25(10-11-25)18-7-9-20-21(13-18)37-27(31,32)36-20;1-10-2-4-12(22-16(10)19)9-15(23)17(6-7-17)11-3-5-13-14(8-11)25-18(20,21)24-13;1-12(2)13(3,4)22-16(21-12)11-8-6-7-10(9-11)14(5,20)15(17,18)19/h3-9,12-13,35H,10-11,14H2,1-2H3;2-5,8H,6-7,9H2,1H3;6-9,20H,1-5H3. The number of hydrogen-bond acceptors (Lipinski definition) is 12. The van der Waals surface area contributed by atoms with Gasteiger partial charge in [-0.3, -0.25) is 14.6 Å². The number of carbonyl (C=O) groups is 2. The Morgan fingerprint density at radius 3 is 1.42 bits per heavy atom. The van der Waals surface area contributed by atoms with Crippen LogP contribution in [0.4, 0.5) is 43.9 Å². The van der Waals surface area contributed by atoms with E-state index in [0.29, 0.717) is 82.6 Å². The molecule has 24 heteroatoms. The summed E-state index contributed by atoms with van der Waals surface area (Å²) in [5, 5.41) is 20.2. The number of Topliss-reactive ketones (excluding diaryl/α,β-unsaturated/α-hetero) is 2. The van der Waals surface area contributed by atoms with Crippen LogP contribution in [-0.2, 0) is 53.8 Å². The lowest BCUT2D eigenvalue weighted by molar-refractivity contribution is -0.287. The van der Waals surface area contributed by atoms with Crippen molar-refractivity contribution in [1.29, 1.82) is 0 Å². The Kier molecular flexibility index (Phi) is 15.7. The van der Waals surface area contributed by atoms with E-state index in [4.69, 9.17) is 20.9 Å². The van der Waals surface area contributed by atoms with Gasteiger partial charge in [-0.05, 0) is 162 Å². The number of aromatic nitrogens is 2. The predicted octanol–water partition coefficient (Wildman–Crippen LogP) is 13.0. The van der Waals surface area contributed by atoms with E-state index < -0.39 is 65.3 Å². The summed E-state index contributed by atoms with van der Waals surface area (Å²) in [6.45, 7) is 12.5. The number of ether oxygens (including phenoxy) is 4. The molecule has 2 aromatic heterocycles. The quantitative estimate of drug-likeness (QED) is 0.0680. The maximum atomic E-state index is 13.4. The summed E-state index contributed by atoms with van der Waals surface area (Å²) in [5.74, 6) is -0.470. The number of pyridine rings is 2. The van der Waals surface area contributed by atoms with E-state index in [1.165, 1.54) is 60.7 Å². The molecule has 1 saturated heterocycles. The number of nitrogens with zero attached hydrogens (tertiary/aromatic N) is 2. The maximum absolute atomic E-state index is 13.4. The number of fused-ring (bicyclic) bond motifs is 2. The number of ketones is 2. The number of aryl methyl sites for hydroxylation is 2. The first-order chi connectivity index (χ1) is 38.8. The molecule has 446 valence electrons. The summed E-state index contributed by atoms with van der Waals surface area (Å²) in [7, 11) is -0.769. The van der Waals surface area contributed by atoms with Gasteiger partial charge in [-0.2, -0.15) is 26.3 Å². The average Bonchev–Trinajstić information content (AvgIpc) is 1.77. The predicted molar refractivity (Wildman–Crippen MR) is 286 cm³/mol. The van der Waals surface area contributed by atoms with Gasteiger partial charge in [0.1, 0.15) is 16.7 Å².